The van der Waals surface area contributed by atoms with E-state index in [1.807, 2.05) is 32.9 Å². The van der Waals surface area contributed by atoms with Crippen LogP contribution >= 0.6 is 12.2 Å². The second-order valence-corrected chi connectivity index (χ2v) is 6.94. The lowest BCUT2D eigenvalue weighted by molar-refractivity contribution is 0.601. The van der Waals surface area contributed by atoms with Crippen LogP contribution in [0.15, 0.2) is 46.3 Å². The zero-order valence-electron chi connectivity index (χ0n) is 12.5. The van der Waals surface area contributed by atoms with Crippen LogP contribution < -0.4 is 4.72 Å². The Bertz CT molecular complexity index is 827. The number of thiocarbonyl (C=S) groups is 1. The van der Waals surface area contributed by atoms with Gasteiger partial charge < -0.3 is 0 Å². The van der Waals surface area contributed by atoms with E-state index in [9.17, 15) is 8.42 Å². The molecular formula is C16H16N2O2S2. The van der Waals surface area contributed by atoms with Crippen LogP contribution in [0.5, 0.6) is 0 Å². The van der Waals surface area contributed by atoms with Crippen molar-refractivity contribution in [3.05, 3.63) is 53.1 Å². The van der Waals surface area contributed by atoms with Gasteiger partial charge in [-0.15, -0.1) is 0 Å². The van der Waals surface area contributed by atoms with Crippen molar-refractivity contribution in [1.29, 1.82) is 0 Å². The summed E-state index contributed by atoms with van der Waals surface area (Å²) in [5.74, 6) is 0. The van der Waals surface area contributed by atoms with E-state index in [1.54, 1.807) is 12.1 Å². The fraction of sp³-hybridized carbons (Fsp3) is 0.188. The van der Waals surface area contributed by atoms with E-state index in [2.05, 4.69) is 27.1 Å². The van der Waals surface area contributed by atoms with Crippen molar-refractivity contribution in [2.45, 2.75) is 25.7 Å². The predicted octanol–water partition coefficient (Wildman–Crippen LogP) is 4.15. The fourth-order valence-electron chi connectivity index (χ4n) is 2.29. The molecule has 0 aliphatic heterocycles. The van der Waals surface area contributed by atoms with Gasteiger partial charge in [0.1, 0.15) is 0 Å². The standard InChI is InChI=1S/C16H16N2O2S2/c1-11-8-12(2)16(13(3)9-11)18-22(19,20)15-6-4-14(5-7-15)17-10-21/h4-9,18H,1-3H3. The van der Waals surface area contributed by atoms with Gasteiger partial charge in [-0.1, -0.05) is 17.7 Å². The first kappa shape index (κ1) is 16.4. The summed E-state index contributed by atoms with van der Waals surface area (Å²) in [6.07, 6.45) is 0. The number of nitrogens with zero attached hydrogens (tertiary/aromatic N) is 1. The minimum Gasteiger partial charge on any atom is -0.279 e. The molecule has 4 nitrogen and oxygen atoms in total. The third-order valence-corrected chi connectivity index (χ3v) is 4.69. The van der Waals surface area contributed by atoms with Crippen molar-refractivity contribution in [3.8, 4) is 0 Å². The van der Waals surface area contributed by atoms with Crippen LogP contribution in [0.2, 0.25) is 0 Å². The number of hydrogen-bond acceptors (Lipinski definition) is 4. The molecule has 0 saturated carbocycles. The van der Waals surface area contributed by atoms with Crippen molar-refractivity contribution < 1.29 is 8.42 Å². The van der Waals surface area contributed by atoms with Gasteiger partial charge in [-0.05, 0) is 68.4 Å². The number of anilines is 1. The highest BCUT2D eigenvalue weighted by Crippen LogP contribution is 2.25. The lowest BCUT2D eigenvalue weighted by atomic mass is 10.1. The smallest absolute Gasteiger partial charge is 0.261 e. The van der Waals surface area contributed by atoms with Crippen molar-refractivity contribution in [3.63, 3.8) is 0 Å². The average molecular weight is 332 g/mol. The molecule has 0 aliphatic carbocycles. The zero-order valence-corrected chi connectivity index (χ0v) is 14.2. The first-order valence-electron chi connectivity index (χ1n) is 6.62. The second kappa shape index (κ2) is 6.40. The van der Waals surface area contributed by atoms with Gasteiger partial charge >= 0.3 is 0 Å². The molecule has 0 unspecified atom stereocenters. The molecule has 0 radical (unpaired) electrons. The Hall–Kier alpha value is -2.01. The van der Waals surface area contributed by atoms with E-state index in [0.29, 0.717) is 11.4 Å². The normalized spacial score (nSPS) is 10.9. The first-order valence-corrected chi connectivity index (χ1v) is 8.51. The Morgan fingerprint density at radius 3 is 2.09 bits per heavy atom. The summed E-state index contributed by atoms with van der Waals surface area (Å²) in [4.78, 5) is 3.98. The van der Waals surface area contributed by atoms with Crippen LogP contribution in [-0.2, 0) is 10.0 Å². The van der Waals surface area contributed by atoms with E-state index in [4.69, 9.17) is 0 Å². The van der Waals surface area contributed by atoms with Crippen LogP contribution in [0.3, 0.4) is 0 Å². The lowest BCUT2D eigenvalue weighted by Crippen LogP contribution is -2.14. The highest BCUT2D eigenvalue weighted by Gasteiger charge is 2.16. The van der Waals surface area contributed by atoms with Gasteiger partial charge in [0.05, 0.1) is 21.4 Å². The SMILES string of the molecule is Cc1cc(C)c(NS(=O)(=O)c2ccc(N=C=S)cc2)c(C)c1. The van der Waals surface area contributed by atoms with Gasteiger partial charge in [-0.3, -0.25) is 4.72 Å². The molecule has 1 N–H and O–H groups in total. The van der Waals surface area contributed by atoms with Gasteiger partial charge in [0, 0.05) is 0 Å². The van der Waals surface area contributed by atoms with E-state index in [1.165, 1.54) is 12.1 Å². The number of benzene rings is 2. The topological polar surface area (TPSA) is 58.5 Å². The molecule has 2 aromatic rings. The second-order valence-electron chi connectivity index (χ2n) is 5.08. The molecule has 22 heavy (non-hydrogen) atoms. The summed E-state index contributed by atoms with van der Waals surface area (Å²) in [5.41, 5.74) is 4.06. The van der Waals surface area contributed by atoms with Crippen molar-refractivity contribution in [1.82, 2.24) is 0 Å². The number of hydrogen-bond donors (Lipinski definition) is 1. The van der Waals surface area contributed by atoms with E-state index < -0.39 is 10.0 Å². The number of sulfonamides is 1. The number of aliphatic imine (C=N–C) groups is 1. The number of rotatable bonds is 4. The maximum absolute atomic E-state index is 12.5. The molecular weight excluding hydrogens is 316 g/mol. The lowest BCUT2D eigenvalue weighted by Gasteiger charge is -2.14. The fourth-order valence-corrected chi connectivity index (χ4v) is 3.60. The average Bonchev–Trinajstić information content (AvgIpc) is 2.44. The maximum Gasteiger partial charge on any atom is 0.261 e. The molecule has 0 saturated heterocycles. The number of nitrogens with one attached hydrogen (secondary N) is 1. The molecule has 0 fully saturated rings. The summed E-state index contributed by atoms with van der Waals surface area (Å²) in [6.45, 7) is 5.75. The van der Waals surface area contributed by atoms with Crippen LogP contribution in [0.1, 0.15) is 16.7 Å². The Labute approximate surface area is 136 Å². The summed E-state index contributed by atoms with van der Waals surface area (Å²) in [7, 11) is -3.64. The van der Waals surface area contributed by atoms with Crippen molar-refractivity contribution >= 4 is 38.8 Å². The molecule has 2 aromatic carbocycles. The highest BCUT2D eigenvalue weighted by atomic mass is 32.2. The molecule has 0 atom stereocenters. The molecule has 0 aromatic heterocycles. The summed E-state index contributed by atoms with van der Waals surface area (Å²) >= 11 is 4.52. The molecule has 6 heteroatoms. The van der Waals surface area contributed by atoms with Crippen molar-refractivity contribution in [2.75, 3.05) is 4.72 Å². The molecule has 114 valence electrons. The van der Waals surface area contributed by atoms with Gasteiger partial charge in [0.25, 0.3) is 10.0 Å². The van der Waals surface area contributed by atoms with Crippen LogP contribution in [0.4, 0.5) is 11.4 Å². The molecule has 0 bridgehead atoms. The summed E-state index contributed by atoms with van der Waals surface area (Å²) in [6, 6.07) is 10.1. The van der Waals surface area contributed by atoms with Gasteiger partial charge in [-0.2, -0.15) is 4.99 Å². The van der Waals surface area contributed by atoms with Gasteiger partial charge in [0.15, 0.2) is 0 Å². The quantitative estimate of drug-likeness (QED) is 0.676. The van der Waals surface area contributed by atoms with Gasteiger partial charge in [-0.25, -0.2) is 8.42 Å². The van der Waals surface area contributed by atoms with E-state index >= 15 is 0 Å². The third-order valence-electron chi connectivity index (χ3n) is 3.24. The molecule has 0 aliphatic rings. The molecule has 0 amide bonds. The Morgan fingerprint density at radius 1 is 1.05 bits per heavy atom. The van der Waals surface area contributed by atoms with Crippen LogP contribution in [0.25, 0.3) is 0 Å². The van der Waals surface area contributed by atoms with Crippen LogP contribution in [-0.4, -0.2) is 13.6 Å². The van der Waals surface area contributed by atoms with E-state index in [-0.39, 0.29) is 4.90 Å². The van der Waals surface area contributed by atoms with Gasteiger partial charge in [0.2, 0.25) is 0 Å². The first-order chi connectivity index (χ1) is 10.3. The largest absolute Gasteiger partial charge is 0.279 e. The zero-order chi connectivity index (χ0) is 16.3. The minimum absolute atomic E-state index is 0.176. The molecule has 0 heterocycles. The van der Waals surface area contributed by atoms with E-state index in [0.717, 1.165) is 16.7 Å². The highest BCUT2D eigenvalue weighted by molar-refractivity contribution is 7.92. The van der Waals surface area contributed by atoms with Crippen molar-refractivity contribution in [2.24, 2.45) is 4.99 Å². The third kappa shape index (κ3) is 3.60. The van der Waals surface area contributed by atoms with Crippen LogP contribution in [0, 0.1) is 20.8 Å². The monoisotopic (exact) mass is 332 g/mol. The summed E-state index contributed by atoms with van der Waals surface area (Å²) < 4.78 is 27.6. The summed E-state index contributed by atoms with van der Waals surface area (Å²) in [5, 5.41) is 2.25. The Balaban J connectivity index is 2.38. The number of isothiocyanates is 1. The predicted molar refractivity (Wildman–Crippen MR) is 92.6 cm³/mol. The minimum atomic E-state index is -3.64. The Kier molecular flexibility index (Phi) is 4.76. The number of aryl methyl sites for hydroxylation is 3. The molecule has 2 rings (SSSR count). The molecule has 0 spiro atoms. The maximum atomic E-state index is 12.5. The Morgan fingerprint density at radius 2 is 1.59 bits per heavy atom.